The van der Waals surface area contributed by atoms with Gasteiger partial charge in [-0.3, -0.25) is 0 Å². The van der Waals surface area contributed by atoms with Gasteiger partial charge in [-0.2, -0.15) is 0 Å². The van der Waals surface area contributed by atoms with Crippen LogP contribution < -0.4 is 10.0 Å². The molecule has 0 saturated heterocycles. The second-order valence-corrected chi connectivity index (χ2v) is 9.66. The first-order chi connectivity index (χ1) is 13.5. The molecule has 144 valence electrons. The molecule has 0 spiro atoms. The molecule has 28 heavy (non-hydrogen) atoms. The van der Waals surface area contributed by atoms with Crippen molar-refractivity contribution in [3.63, 3.8) is 0 Å². The Morgan fingerprint density at radius 2 is 1.61 bits per heavy atom. The molecular formula is C22H22N2O2S2. The highest BCUT2D eigenvalue weighted by molar-refractivity contribution is 7.99. The van der Waals surface area contributed by atoms with Gasteiger partial charge in [0.15, 0.2) is 0 Å². The number of aryl methyl sites for hydroxylation is 1. The molecule has 1 aliphatic heterocycles. The number of hydrogen-bond acceptors (Lipinski definition) is 4. The minimum absolute atomic E-state index is 0.169. The zero-order chi connectivity index (χ0) is 19.6. The average Bonchev–Trinajstić information content (AvgIpc) is 2.88. The monoisotopic (exact) mass is 410 g/mol. The van der Waals surface area contributed by atoms with E-state index in [1.165, 1.54) is 0 Å². The summed E-state index contributed by atoms with van der Waals surface area (Å²) in [5.74, 6) is 0.634. The normalized spacial score (nSPS) is 19.3. The van der Waals surface area contributed by atoms with E-state index in [4.69, 9.17) is 0 Å². The number of nitrogens with one attached hydrogen (secondary N) is 2. The zero-order valence-corrected chi connectivity index (χ0v) is 17.1. The van der Waals surface area contributed by atoms with E-state index in [1.807, 2.05) is 67.6 Å². The third-order valence-electron chi connectivity index (χ3n) is 4.82. The highest BCUT2D eigenvalue weighted by atomic mass is 32.2. The summed E-state index contributed by atoms with van der Waals surface area (Å²) < 4.78 is 29.0. The molecule has 0 fully saturated rings. The summed E-state index contributed by atoms with van der Waals surface area (Å²) in [6.45, 7) is 1.94. The lowest BCUT2D eigenvalue weighted by molar-refractivity contribution is 0.537. The van der Waals surface area contributed by atoms with Gasteiger partial charge in [0.25, 0.3) is 0 Å². The Labute approximate surface area is 170 Å². The topological polar surface area (TPSA) is 58.2 Å². The van der Waals surface area contributed by atoms with Crippen molar-refractivity contribution in [2.75, 3.05) is 11.1 Å². The molecule has 0 unspecified atom stereocenters. The van der Waals surface area contributed by atoms with Crippen molar-refractivity contribution in [1.82, 2.24) is 4.72 Å². The Bertz CT molecular complexity index is 1050. The maximum Gasteiger partial charge on any atom is 0.240 e. The summed E-state index contributed by atoms with van der Waals surface area (Å²) in [5.41, 5.74) is 3.11. The van der Waals surface area contributed by atoms with Crippen LogP contribution in [0.2, 0.25) is 0 Å². The minimum atomic E-state index is -3.62. The average molecular weight is 411 g/mol. The fourth-order valence-electron chi connectivity index (χ4n) is 3.32. The quantitative estimate of drug-likeness (QED) is 0.660. The van der Waals surface area contributed by atoms with Gasteiger partial charge in [0.05, 0.1) is 17.0 Å². The number of benzene rings is 3. The predicted octanol–water partition coefficient (Wildman–Crippen LogP) is 4.60. The van der Waals surface area contributed by atoms with Gasteiger partial charge in [-0.05, 0) is 36.8 Å². The predicted molar refractivity (Wildman–Crippen MR) is 115 cm³/mol. The Hall–Kier alpha value is -2.28. The second kappa shape index (κ2) is 7.99. The van der Waals surface area contributed by atoms with Crippen LogP contribution in [0.3, 0.4) is 0 Å². The van der Waals surface area contributed by atoms with E-state index >= 15 is 0 Å². The number of para-hydroxylation sites is 1. The van der Waals surface area contributed by atoms with E-state index in [0.29, 0.717) is 5.75 Å². The summed E-state index contributed by atoms with van der Waals surface area (Å²) in [7, 11) is -3.62. The molecule has 2 atom stereocenters. The Morgan fingerprint density at radius 3 is 2.36 bits per heavy atom. The molecule has 0 aromatic heterocycles. The SMILES string of the molecule is Cc1ccc(S(=O)(=O)N[C@@H]2CSc3ccccc3N[C@H]2c2ccccc2)cc1. The van der Waals surface area contributed by atoms with Crippen LogP contribution in [0.25, 0.3) is 0 Å². The van der Waals surface area contributed by atoms with Crippen molar-refractivity contribution in [3.8, 4) is 0 Å². The van der Waals surface area contributed by atoms with Gasteiger partial charge in [0.1, 0.15) is 0 Å². The van der Waals surface area contributed by atoms with E-state index in [9.17, 15) is 8.42 Å². The van der Waals surface area contributed by atoms with Crippen molar-refractivity contribution in [3.05, 3.63) is 90.0 Å². The molecule has 0 saturated carbocycles. The fourth-order valence-corrected chi connectivity index (χ4v) is 5.76. The molecule has 2 N–H and O–H groups in total. The van der Waals surface area contributed by atoms with Gasteiger partial charge in [0.2, 0.25) is 10.0 Å². The van der Waals surface area contributed by atoms with Crippen molar-refractivity contribution in [1.29, 1.82) is 0 Å². The summed E-state index contributed by atoms with van der Waals surface area (Å²) in [4.78, 5) is 1.41. The van der Waals surface area contributed by atoms with Gasteiger partial charge < -0.3 is 5.32 Å². The largest absolute Gasteiger partial charge is 0.376 e. The smallest absolute Gasteiger partial charge is 0.240 e. The molecule has 3 aromatic rings. The fraction of sp³-hybridized carbons (Fsp3) is 0.182. The van der Waals surface area contributed by atoms with E-state index in [1.54, 1.807) is 23.9 Å². The molecule has 1 aliphatic rings. The van der Waals surface area contributed by atoms with Crippen LogP contribution in [-0.4, -0.2) is 20.2 Å². The van der Waals surface area contributed by atoms with Gasteiger partial charge in [-0.15, -0.1) is 11.8 Å². The standard InChI is InChI=1S/C22H22N2O2S2/c1-16-11-13-18(14-12-16)28(25,26)24-20-15-27-21-10-6-5-9-19(21)23-22(20)17-7-3-2-4-8-17/h2-14,20,22-24H,15H2,1H3/t20-,22+/m1/s1. The molecule has 4 rings (SSSR count). The van der Waals surface area contributed by atoms with E-state index in [-0.39, 0.29) is 17.0 Å². The molecule has 0 radical (unpaired) electrons. The van der Waals surface area contributed by atoms with E-state index < -0.39 is 10.0 Å². The van der Waals surface area contributed by atoms with Crippen molar-refractivity contribution >= 4 is 27.5 Å². The van der Waals surface area contributed by atoms with Gasteiger partial charge >= 0.3 is 0 Å². The first-order valence-electron chi connectivity index (χ1n) is 9.15. The Balaban J connectivity index is 1.68. The van der Waals surface area contributed by atoms with Crippen LogP contribution in [0.1, 0.15) is 17.2 Å². The van der Waals surface area contributed by atoms with Crippen LogP contribution in [0, 0.1) is 6.92 Å². The summed E-state index contributed by atoms with van der Waals surface area (Å²) in [5, 5.41) is 3.56. The molecule has 1 heterocycles. The number of thioether (sulfide) groups is 1. The van der Waals surface area contributed by atoms with Crippen LogP contribution in [0.15, 0.2) is 88.7 Å². The lowest BCUT2D eigenvalue weighted by Gasteiger charge is -2.27. The molecule has 4 nitrogen and oxygen atoms in total. The summed E-state index contributed by atoms with van der Waals surface area (Å²) in [6.07, 6.45) is 0. The molecular weight excluding hydrogens is 388 g/mol. The summed E-state index contributed by atoms with van der Waals surface area (Å²) >= 11 is 1.66. The Morgan fingerprint density at radius 1 is 0.929 bits per heavy atom. The van der Waals surface area contributed by atoms with Crippen LogP contribution in [0.4, 0.5) is 5.69 Å². The first kappa shape index (κ1) is 19.1. The zero-order valence-electron chi connectivity index (χ0n) is 15.5. The third kappa shape index (κ3) is 4.09. The summed E-state index contributed by atoms with van der Waals surface area (Å²) in [6, 6.07) is 24.6. The van der Waals surface area contributed by atoms with Crippen LogP contribution >= 0.6 is 11.8 Å². The van der Waals surface area contributed by atoms with Crippen LogP contribution in [-0.2, 0) is 10.0 Å². The molecule has 6 heteroatoms. The van der Waals surface area contributed by atoms with Crippen molar-refractivity contribution < 1.29 is 8.42 Å². The Kier molecular flexibility index (Phi) is 5.44. The van der Waals surface area contributed by atoms with Crippen molar-refractivity contribution in [2.45, 2.75) is 28.8 Å². The van der Waals surface area contributed by atoms with Gasteiger partial charge in [0, 0.05) is 16.3 Å². The number of anilines is 1. The maximum absolute atomic E-state index is 13.0. The maximum atomic E-state index is 13.0. The number of sulfonamides is 1. The van der Waals surface area contributed by atoms with E-state index in [2.05, 4.69) is 16.1 Å². The lowest BCUT2D eigenvalue weighted by atomic mass is 10.0. The van der Waals surface area contributed by atoms with Crippen LogP contribution in [0.5, 0.6) is 0 Å². The molecule has 0 aliphatic carbocycles. The van der Waals surface area contributed by atoms with Crippen molar-refractivity contribution in [2.24, 2.45) is 0 Å². The van der Waals surface area contributed by atoms with Gasteiger partial charge in [-0.1, -0.05) is 60.2 Å². The molecule has 3 aromatic carbocycles. The number of hydrogen-bond donors (Lipinski definition) is 2. The molecule has 0 bridgehead atoms. The number of rotatable bonds is 4. The number of fused-ring (bicyclic) bond motifs is 1. The second-order valence-electron chi connectivity index (χ2n) is 6.88. The first-order valence-corrected chi connectivity index (χ1v) is 11.6. The highest BCUT2D eigenvalue weighted by Crippen LogP contribution is 2.37. The van der Waals surface area contributed by atoms with E-state index in [0.717, 1.165) is 21.7 Å². The highest BCUT2D eigenvalue weighted by Gasteiger charge is 2.31. The molecule has 0 amide bonds. The lowest BCUT2D eigenvalue weighted by Crippen LogP contribution is -2.43. The third-order valence-corrected chi connectivity index (χ3v) is 7.51. The minimum Gasteiger partial charge on any atom is -0.376 e. The van der Waals surface area contributed by atoms with Gasteiger partial charge in [-0.25, -0.2) is 13.1 Å².